The Morgan fingerprint density at radius 3 is 2.55 bits per heavy atom. The van der Waals surface area contributed by atoms with Gasteiger partial charge in [-0.3, -0.25) is 14.9 Å². The van der Waals surface area contributed by atoms with Crippen LogP contribution in [0, 0.1) is 17.0 Å². The summed E-state index contributed by atoms with van der Waals surface area (Å²) in [5.74, 6) is 0.648. The van der Waals surface area contributed by atoms with Gasteiger partial charge in [-0.1, -0.05) is 42.5 Å². The second-order valence-corrected chi connectivity index (χ2v) is 6.28. The van der Waals surface area contributed by atoms with Crippen molar-refractivity contribution in [3.63, 3.8) is 0 Å². The number of hydrogen-bond donors (Lipinski definition) is 1. The van der Waals surface area contributed by atoms with Gasteiger partial charge in [-0.05, 0) is 41.8 Å². The van der Waals surface area contributed by atoms with Gasteiger partial charge in [0, 0.05) is 12.1 Å². The number of nitrogens with zero attached hydrogens (tertiary/aromatic N) is 2. The molecule has 0 spiro atoms. The molecule has 1 amide bonds. The number of aromatic nitrogens is 1. The average molecular weight is 389 g/mol. The maximum atomic E-state index is 12.1. The van der Waals surface area contributed by atoms with Crippen LogP contribution in [0.15, 0.2) is 72.9 Å². The monoisotopic (exact) mass is 389 g/mol. The molecule has 0 atom stereocenters. The number of rotatable bonds is 7. The standard InChI is InChI=1S/C22H19N3O4/c1-16-13-19(25(27)28)14-23-22(16)24-21(26)12-9-17-7-10-20(11-8-17)29-15-18-5-3-2-4-6-18/h2-14H,15H2,1H3,(H,23,24,26)/b12-9+. The first-order chi connectivity index (χ1) is 14.0. The Kier molecular flexibility index (Phi) is 6.32. The van der Waals surface area contributed by atoms with Crippen LogP contribution in [0.25, 0.3) is 6.08 Å². The molecule has 3 rings (SSSR count). The largest absolute Gasteiger partial charge is 0.489 e. The number of nitro groups is 1. The number of anilines is 1. The van der Waals surface area contributed by atoms with E-state index in [9.17, 15) is 14.9 Å². The smallest absolute Gasteiger partial charge is 0.287 e. The second-order valence-electron chi connectivity index (χ2n) is 6.28. The van der Waals surface area contributed by atoms with Crippen molar-refractivity contribution in [1.82, 2.24) is 4.98 Å². The Labute approximate surface area is 167 Å². The van der Waals surface area contributed by atoms with Gasteiger partial charge < -0.3 is 10.1 Å². The van der Waals surface area contributed by atoms with Crippen molar-refractivity contribution >= 4 is 23.5 Å². The highest BCUT2D eigenvalue weighted by Crippen LogP contribution is 2.18. The first kappa shape index (κ1) is 19.8. The number of hydrogen-bond acceptors (Lipinski definition) is 5. The summed E-state index contributed by atoms with van der Waals surface area (Å²) in [5, 5.41) is 13.4. The molecule has 0 aliphatic carbocycles. The fourth-order valence-corrected chi connectivity index (χ4v) is 2.54. The summed E-state index contributed by atoms with van der Waals surface area (Å²) in [4.78, 5) is 26.2. The van der Waals surface area contributed by atoms with E-state index >= 15 is 0 Å². The Morgan fingerprint density at radius 2 is 1.90 bits per heavy atom. The maximum absolute atomic E-state index is 12.1. The number of carbonyl (C=O) groups excluding carboxylic acids is 1. The van der Waals surface area contributed by atoms with E-state index < -0.39 is 4.92 Å². The summed E-state index contributed by atoms with van der Waals surface area (Å²) < 4.78 is 5.73. The molecule has 0 aliphatic rings. The lowest BCUT2D eigenvalue weighted by Crippen LogP contribution is -2.10. The Morgan fingerprint density at radius 1 is 1.17 bits per heavy atom. The molecule has 0 saturated heterocycles. The third-order valence-corrected chi connectivity index (χ3v) is 4.07. The van der Waals surface area contributed by atoms with Crippen molar-refractivity contribution in [2.45, 2.75) is 13.5 Å². The number of amides is 1. The van der Waals surface area contributed by atoms with Gasteiger partial charge in [-0.25, -0.2) is 4.98 Å². The number of pyridine rings is 1. The molecule has 1 heterocycles. The highest BCUT2D eigenvalue weighted by Gasteiger charge is 2.10. The third kappa shape index (κ3) is 5.74. The molecular weight excluding hydrogens is 370 g/mol. The molecule has 0 radical (unpaired) electrons. The Bertz CT molecular complexity index is 1030. The quantitative estimate of drug-likeness (QED) is 0.364. The molecule has 3 aromatic rings. The summed E-state index contributed by atoms with van der Waals surface area (Å²) >= 11 is 0. The van der Waals surface area contributed by atoms with Crippen LogP contribution in [-0.4, -0.2) is 15.8 Å². The van der Waals surface area contributed by atoms with Crippen LogP contribution in [0.3, 0.4) is 0 Å². The summed E-state index contributed by atoms with van der Waals surface area (Å²) in [7, 11) is 0. The molecule has 29 heavy (non-hydrogen) atoms. The minimum absolute atomic E-state index is 0.120. The molecular formula is C22H19N3O4. The Hall–Kier alpha value is -4.00. The van der Waals surface area contributed by atoms with E-state index in [-0.39, 0.29) is 17.4 Å². The van der Waals surface area contributed by atoms with Crippen LogP contribution in [-0.2, 0) is 11.4 Å². The summed E-state index contributed by atoms with van der Waals surface area (Å²) in [6.07, 6.45) is 4.15. The van der Waals surface area contributed by atoms with Gasteiger partial charge in [0.05, 0.1) is 4.92 Å². The van der Waals surface area contributed by atoms with Gasteiger partial charge >= 0.3 is 0 Å². The van der Waals surface area contributed by atoms with Crippen molar-refractivity contribution in [2.75, 3.05) is 5.32 Å². The van der Waals surface area contributed by atoms with Crippen LogP contribution in [0.5, 0.6) is 5.75 Å². The van der Waals surface area contributed by atoms with Crippen LogP contribution in [0.1, 0.15) is 16.7 Å². The van der Waals surface area contributed by atoms with E-state index in [2.05, 4.69) is 10.3 Å². The molecule has 0 fully saturated rings. The van der Waals surface area contributed by atoms with Crippen molar-refractivity contribution < 1.29 is 14.5 Å². The third-order valence-electron chi connectivity index (χ3n) is 4.07. The van der Waals surface area contributed by atoms with Crippen molar-refractivity contribution in [1.29, 1.82) is 0 Å². The van der Waals surface area contributed by atoms with Crippen molar-refractivity contribution in [2.24, 2.45) is 0 Å². The predicted octanol–water partition coefficient (Wildman–Crippen LogP) is 4.53. The minimum atomic E-state index is -0.529. The van der Waals surface area contributed by atoms with E-state index in [1.54, 1.807) is 13.0 Å². The summed E-state index contributed by atoms with van der Waals surface area (Å²) in [6.45, 7) is 2.13. The molecule has 0 unspecified atom stereocenters. The minimum Gasteiger partial charge on any atom is -0.489 e. The van der Waals surface area contributed by atoms with E-state index in [0.29, 0.717) is 12.2 Å². The zero-order chi connectivity index (χ0) is 20.6. The summed E-state index contributed by atoms with van der Waals surface area (Å²) in [6, 6.07) is 18.6. The number of aryl methyl sites for hydroxylation is 1. The van der Waals surface area contributed by atoms with Gasteiger partial charge in [-0.2, -0.15) is 0 Å². The lowest BCUT2D eigenvalue weighted by molar-refractivity contribution is -0.385. The molecule has 146 valence electrons. The van der Waals surface area contributed by atoms with Crippen LogP contribution >= 0.6 is 0 Å². The molecule has 0 bridgehead atoms. The number of ether oxygens (including phenoxy) is 1. The van der Waals surface area contributed by atoms with Crippen LogP contribution in [0.4, 0.5) is 11.5 Å². The van der Waals surface area contributed by atoms with E-state index in [1.165, 1.54) is 12.1 Å². The van der Waals surface area contributed by atoms with Crippen molar-refractivity contribution in [3.8, 4) is 5.75 Å². The van der Waals surface area contributed by atoms with E-state index in [0.717, 1.165) is 23.1 Å². The van der Waals surface area contributed by atoms with E-state index in [1.807, 2.05) is 54.6 Å². The zero-order valence-corrected chi connectivity index (χ0v) is 15.7. The molecule has 0 aliphatic heterocycles. The molecule has 0 saturated carbocycles. The molecule has 2 aromatic carbocycles. The number of carbonyl (C=O) groups is 1. The van der Waals surface area contributed by atoms with Crippen molar-refractivity contribution in [3.05, 3.63) is 99.7 Å². The highest BCUT2D eigenvalue weighted by molar-refractivity contribution is 6.01. The van der Waals surface area contributed by atoms with Gasteiger partial charge in [0.15, 0.2) is 0 Å². The van der Waals surface area contributed by atoms with Gasteiger partial charge in [-0.15, -0.1) is 0 Å². The van der Waals surface area contributed by atoms with Gasteiger partial charge in [0.1, 0.15) is 24.4 Å². The normalized spacial score (nSPS) is 10.7. The highest BCUT2D eigenvalue weighted by atomic mass is 16.6. The second kappa shape index (κ2) is 9.27. The van der Waals surface area contributed by atoms with E-state index in [4.69, 9.17) is 4.74 Å². The number of benzene rings is 2. The molecule has 1 aromatic heterocycles. The fourth-order valence-electron chi connectivity index (χ4n) is 2.54. The first-order valence-corrected chi connectivity index (χ1v) is 8.88. The maximum Gasteiger partial charge on any atom is 0.287 e. The predicted molar refractivity (Wildman–Crippen MR) is 111 cm³/mol. The molecule has 7 nitrogen and oxygen atoms in total. The van der Waals surface area contributed by atoms with Gasteiger partial charge in [0.2, 0.25) is 5.91 Å². The topological polar surface area (TPSA) is 94.4 Å². The lowest BCUT2D eigenvalue weighted by atomic mass is 10.2. The lowest BCUT2D eigenvalue weighted by Gasteiger charge is -2.06. The molecule has 1 N–H and O–H groups in total. The summed E-state index contributed by atoms with van der Waals surface area (Å²) in [5.41, 5.74) is 2.32. The molecule has 7 heteroatoms. The van der Waals surface area contributed by atoms with Crippen LogP contribution < -0.4 is 10.1 Å². The fraction of sp³-hybridized carbons (Fsp3) is 0.0909. The van der Waals surface area contributed by atoms with Gasteiger partial charge in [0.25, 0.3) is 5.69 Å². The average Bonchev–Trinajstić information content (AvgIpc) is 2.73. The zero-order valence-electron chi connectivity index (χ0n) is 15.7. The SMILES string of the molecule is Cc1cc([N+](=O)[O-])cnc1NC(=O)/C=C/c1ccc(OCc2ccccc2)cc1. The van der Waals surface area contributed by atoms with Crippen LogP contribution in [0.2, 0.25) is 0 Å². The first-order valence-electron chi connectivity index (χ1n) is 8.88. The Balaban J connectivity index is 1.55. The number of nitrogens with one attached hydrogen (secondary N) is 1.